The Balaban J connectivity index is 1.82. The van der Waals surface area contributed by atoms with Gasteiger partial charge in [-0.25, -0.2) is 0 Å². The van der Waals surface area contributed by atoms with Crippen molar-refractivity contribution in [2.45, 2.75) is 25.7 Å². The van der Waals surface area contributed by atoms with Gasteiger partial charge in [0.05, 0.1) is 0 Å². The Morgan fingerprint density at radius 1 is 1.33 bits per heavy atom. The Hall–Kier alpha value is -2.01. The number of fused-ring (bicyclic) bond motifs is 1. The highest BCUT2D eigenvalue weighted by Gasteiger charge is 2.26. The van der Waals surface area contributed by atoms with Crippen molar-refractivity contribution in [2.75, 3.05) is 24.5 Å². The average Bonchev–Trinajstić information content (AvgIpc) is 2.54. The van der Waals surface area contributed by atoms with Gasteiger partial charge in [-0.2, -0.15) is 0 Å². The highest BCUT2D eigenvalue weighted by atomic mass is 16.3. The van der Waals surface area contributed by atoms with E-state index < -0.39 is 5.91 Å². The molecule has 1 aromatic rings. The molecule has 0 saturated carbocycles. The fraction of sp³-hybridized carbons (Fsp3) is 0.438. The Morgan fingerprint density at radius 3 is 3.05 bits per heavy atom. The van der Waals surface area contributed by atoms with Gasteiger partial charge in [0.15, 0.2) is 0 Å². The molecular weight excluding hydrogens is 266 g/mol. The molecule has 1 aromatic carbocycles. The summed E-state index contributed by atoms with van der Waals surface area (Å²) in [6.45, 7) is 2.69. The zero-order chi connectivity index (χ0) is 14.7. The van der Waals surface area contributed by atoms with Gasteiger partial charge in [-0.3, -0.25) is 4.79 Å². The van der Waals surface area contributed by atoms with Crippen molar-refractivity contribution in [1.82, 2.24) is 5.32 Å². The average molecular weight is 285 g/mol. The van der Waals surface area contributed by atoms with Crippen molar-refractivity contribution >= 4 is 11.6 Å². The maximum absolute atomic E-state index is 11.1. The minimum absolute atomic E-state index is 0.225. The zero-order valence-corrected chi connectivity index (χ0v) is 12.0. The van der Waals surface area contributed by atoms with Gasteiger partial charge in [0.2, 0.25) is 0 Å². The molecule has 2 aliphatic rings. The van der Waals surface area contributed by atoms with Gasteiger partial charge in [-0.15, -0.1) is 4.91 Å². The van der Waals surface area contributed by atoms with Gasteiger partial charge in [0, 0.05) is 49.0 Å². The van der Waals surface area contributed by atoms with E-state index in [-0.39, 0.29) is 6.42 Å². The van der Waals surface area contributed by atoms with E-state index in [0.29, 0.717) is 6.42 Å². The smallest absolute Gasteiger partial charge is 0.286 e. The number of nitrogens with zero attached hydrogens (tertiary/aromatic N) is 2. The molecule has 5 nitrogen and oxygen atoms in total. The molecule has 0 fully saturated rings. The second-order valence-electron chi connectivity index (χ2n) is 5.52. The summed E-state index contributed by atoms with van der Waals surface area (Å²) in [4.78, 5) is 23.6. The summed E-state index contributed by atoms with van der Waals surface area (Å²) >= 11 is 0. The Labute approximate surface area is 124 Å². The minimum Gasteiger partial charge on any atom is -0.345 e. The number of nitrogens with one attached hydrogen (secondary N) is 1. The van der Waals surface area contributed by atoms with E-state index in [9.17, 15) is 9.70 Å². The summed E-state index contributed by atoms with van der Waals surface area (Å²) in [6.07, 6.45) is 2.90. The number of nitroso groups, excluding NO2 is 1. The number of amides is 1. The molecule has 0 radical (unpaired) electrons. The topological polar surface area (TPSA) is 61.8 Å². The Morgan fingerprint density at radius 2 is 2.19 bits per heavy atom. The number of hydrogen-bond acceptors (Lipinski definition) is 4. The molecule has 5 heteroatoms. The molecule has 3 rings (SSSR count). The van der Waals surface area contributed by atoms with Crippen LogP contribution in [0.5, 0.6) is 0 Å². The number of para-hydroxylation sites is 1. The molecule has 21 heavy (non-hydrogen) atoms. The van der Waals surface area contributed by atoms with Gasteiger partial charge >= 0.3 is 0 Å². The third-order valence-electron chi connectivity index (χ3n) is 4.17. The van der Waals surface area contributed by atoms with Crippen molar-refractivity contribution in [1.29, 1.82) is 0 Å². The summed E-state index contributed by atoms with van der Waals surface area (Å²) < 4.78 is 0. The van der Waals surface area contributed by atoms with Gasteiger partial charge < -0.3 is 10.2 Å². The van der Waals surface area contributed by atoms with Crippen LogP contribution >= 0.6 is 0 Å². The van der Waals surface area contributed by atoms with Crippen molar-refractivity contribution < 1.29 is 4.79 Å². The summed E-state index contributed by atoms with van der Waals surface area (Å²) in [7, 11) is 0. The predicted octanol–water partition coefficient (Wildman–Crippen LogP) is 2.37. The van der Waals surface area contributed by atoms with Crippen molar-refractivity contribution in [3.63, 3.8) is 0 Å². The van der Waals surface area contributed by atoms with E-state index in [0.717, 1.165) is 32.5 Å². The van der Waals surface area contributed by atoms with Gasteiger partial charge in [-0.1, -0.05) is 18.2 Å². The largest absolute Gasteiger partial charge is 0.345 e. The van der Waals surface area contributed by atoms with Gasteiger partial charge in [0.1, 0.15) is 0 Å². The molecule has 0 bridgehead atoms. The van der Waals surface area contributed by atoms with Crippen LogP contribution < -0.4 is 10.2 Å². The number of carbonyl (C=O) groups is 1. The number of anilines is 1. The third kappa shape index (κ3) is 2.88. The lowest BCUT2D eigenvalue weighted by Gasteiger charge is -2.38. The van der Waals surface area contributed by atoms with E-state index in [1.165, 1.54) is 22.5 Å². The van der Waals surface area contributed by atoms with E-state index >= 15 is 0 Å². The Bertz CT molecular complexity index is 595. The first-order chi connectivity index (χ1) is 10.3. The second kappa shape index (κ2) is 6.18. The van der Waals surface area contributed by atoms with E-state index in [1.54, 1.807) is 0 Å². The lowest BCUT2D eigenvalue weighted by atomic mass is 9.92. The van der Waals surface area contributed by atoms with Crippen molar-refractivity contribution in [3.8, 4) is 0 Å². The van der Waals surface area contributed by atoms with Crippen LogP contribution in [0.2, 0.25) is 0 Å². The molecular formula is C16H19N3O2. The SMILES string of the molecule is O=NC(=O)CCCN1C2=C(CNCC2)Cc2ccccc21. The summed E-state index contributed by atoms with van der Waals surface area (Å²) in [6, 6.07) is 8.43. The molecule has 0 aromatic heterocycles. The van der Waals surface area contributed by atoms with E-state index in [1.807, 2.05) is 0 Å². The predicted molar refractivity (Wildman–Crippen MR) is 82.0 cm³/mol. The zero-order valence-electron chi connectivity index (χ0n) is 12.0. The first kappa shape index (κ1) is 13.9. The lowest BCUT2D eigenvalue weighted by Crippen LogP contribution is -2.37. The van der Waals surface area contributed by atoms with E-state index in [2.05, 4.69) is 39.7 Å². The van der Waals surface area contributed by atoms with Crippen LogP contribution in [0, 0.1) is 4.91 Å². The standard InChI is InChI=1S/C16H19N3O2/c20-16(18-21)6-3-9-19-14-5-2-1-4-12(14)10-13-11-17-8-7-15(13)19/h1-2,4-5,17H,3,6-11H2. The second-order valence-corrected chi connectivity index (χ2v) is 5.52. The molecule has 0 aliphatic carbocycles. The van der Waals surface area contributed by atoms with Crippen molar-refractivity contribution in [2.24, 2.45) is 5.18 Å². The summed E-state index contributed by atoms with van der Waals surface area (Å²) in [5.74, 6) is -0.556. The normalized spacial score (nSPS) is 17.2. The molecule has 0 atom stereocenters. The number of carbonyl (C=O) groups excluding carboxylic acids is 1. The molecule has 2 heterocycles. The summed E-state index contributed by atoms with van der Waals surface area (Å²) in [5, 5.41) is 5.89. The maximum Gasteiger partial charge on any atom is 0.286 e. The fourth-order valence-electron chi connectivity index (χ4n) is 3.20. The molecule has 2 aliphatic heterocycles. The highest BCUT2D eigenvalue weighted by molar-refractivity contribution is 5.76. The maximum atomic E-state index is 11.1. The molecule has 0 unspecified atom stereocenters. The van der Waals surface area contributed by atoms with Gasteiger partial charge in [0.25, 0.3) is 5.91 Å². The number of benzene rings is 1. The molecule has 0 spiro atoms. The van der Waals surface area contributed by atoms with Gasteiger partial charge in [-0.05, 0) is 30.0 Å². The van der Waals surface area contributed by atoms with E-state index in [4.69, 9.17) is 0 Å². The fourth-order valence-corrected chi connectivity index (χ4v) is 3.20. The molecule has 0 saturated heterocycles. The van der Waals surface area contributed by atoms with Crippen LogP contribution in [-0.2, 0) is 11.2 Å². The van der Waals surface area contributed by atoms with Crippen molar-refractivity contribution in [3.05, 3.63) is 46.0 Å². The summed E-state index contributed by atoms with van der Waals surface area (Å²) in [5.41, 5.74) is 5.41. The van der Waals surface area contributed by atoms with Crippen LogP contribution in [0.25, 0.3) is 0 Å². The number of rotatable bonds is 4. The van der Waals surface area contributed by atoms with Crippen LogP contribution in [-0.4, -0.2) is 25.5 Å². The first-order valence-corrected chi connectivity index (χ1v) is 7.43. The monoisotopic (exact) mass is 285 g/mol. The molecule has 1 N–H and O–H groups in total. The highest BCUT2D eigenvalue weighted by Crippen LogP contribution is 2.35. The van der Waals surface area contributed by atoms with Crippen LogP contribution in [0.3, 0.4) is 0 Å². The first-order valence-electron chi connectivity index (χ1n) is 7.43. The Kier molecular flexibility index (Phi) is 4.10. The number of hydrogen-bond donors (Lipinski definition) is 1. The lowest BCUT2D eigenvalue weighted by molar-refractivity contribution is -0.117. The quantitative estimate of drug-likeness (QED) is 0.863. The van der Waals surface area contributed by atoms with Crippen LogP contribution in [0.1, 0.15) is 24.8 Å². The minimum atomic E-state index is -0.556. The third-order valence-corrected chi connectivity index (χ3v) is 4.17. The molecule has 110 valence electrons. The van der Waals surface area contributed by atoms with Crippen LogP contribution in [0.4, 0.5) is 5.69 Å². The van der Waals surface area contributed by atoms with Crippen LogP contribution in [0.15, 0.2) is 40.7 Å². The molecule has 1 amide bonds.